The van der Waals surface area contributed by atoms with Crippen molar-refractivity contribution in [3.05, 3.63) is 65.8 Å². The first kappa shape index (κ1) is 14.1. The summed E-state index contributed by atoms with van der Waals surface area (Å²) in [6, 6.07) is 10.2. The van der Waals surface area contributed by atoms with E-state index in [0.29, 0.717) is 5.57 Å². The zero-order valence-electron chi connectivity index (χ0n) is 11.8. The monoisotopic (exact) mass is 270 g/mol. The largest absolute Gasteiger partial charge is 0.456 e. The molecule has 0 aliphatic carbocycles. The highest BCUT2D eigenvalue weighted by atomic mass is 16.5. The van der Waals surface area contributed by atoms with Gasteiger partial charge >= 0.3 is 5.97 Å². The lowest BCUT2D eigenvalue weighted by molar-refractivity contribution is -0.140. The summed E-state index contributed by atoms with van der Waals surface area (Å²) < 4.78 is 7.13. The Bertz CT molecular complexity index is 615. The maximum atomic E-state index is 11.3. The second kappa shape index (κ2) is 6.19. The fourth-order valence-corrected chi connectivity index (χ4v) is 1.85. The van der Waals surface area contributed by atoms with Crippen LogP contribution in [0.5, 0.6) is 0 Å². The number of ether oxygens (including phenoxy) is 1. The molecular formula is C16H18N2O2. The SMILES string of the molecule is C=C(C)C(=O)OCc1cn(Cc2ccccc2)c(C)n1. The van der Waals surface area contributed by atoms with Crippen molar-refractivity contribution in [2.75, 3.05) is 0 Å². The van der Waals surface area contributed by atoms with Crippen molar-refractivity contribution in [2.24, 2.45) is 0 Å². The quantitative estimate of drug-likeness (QED) is 0.620. The molecule has 0 aliphatic heterocycles. The molecule has 0 bridgehead atoms. The molecule has 2 rings (SSSR count). The topological polar surface area (TPSA) is 44.1 Å². The Morgan fingerprint density at radius 3 is 2.70 bits per heavy atom. The van der Waals surface area contributed by atoms with E-state index in [4.69, 9.17) is 4.74 Å². The maximum absolute atomic E-state index is 11.3. The van der Waals surface area contributed by atoms with Gasteiger partial charge in [0.05, 0.1) is 5.69 Å². The molecule has 0 N–H and O–H groups in total. The van der Waals surface area contributed by atoms with Crippen LogP contribution in [0, 0.1) is 6.92 Å². The van der Waals surface area contributed by atoms with Gasteiger partial charge in [-0.05, 0) is 19.4 Å². The lowest BCUT2D eigenvalue weighted by Crippen LogP contribution is -2.05. The molecule has 0 saturated heterocycles. The van der Waals surface area contributed by atoms with E-state index in [1.54, 1.807) is 6.92 Å². The third kappa shape index (κ3) is 3.57. The van der Waals surface area contributed by atoms with Crippen LogP contribution < -0.4 is 0 Å². The van der Waals surface area contributed by atoms with Crippen molar-refractivity contribution in [1.82, 2.24) is 9.55 Å². The van der Waals surface area contributed by atoms with Gasteiger partial charge in [-0.1, -0.05) is 36.9 Å². The number of esters is 1. The van der Waals surface area contributed by atoms with Crippen molar-refractivity contribution in [3.63, 3.8) is 0 Å². The molecule has 0 radical (unpaired) electrons. The molecule has 0 fully saturated rings. The minimum Gasteiger partial charge on any atom is -0.456 e. The molecule has 0 spiro atoms. The Morgan fingerprint density at radius 1 is 1.35 bits per heavy atom. The standard InChI is InChI=1S/C16H18N2O2/c1-12(2)16(19)20-11-15-10-18(13(3)17-15)9-14-7-5-4-6-8-14/h4-8,10H,1,9,11H2,2-3H3. The smallest absolute Gasteiger partial charge is 0.333 e. The number of nitrogens with zero attached hydrogens (tertiary/aromatic N) is 2. The predicted molar refractivity (Wildman–Crippen MR) is 77.1 cm³/mol. The first-order valence-corrected chi connectivity index (χ1v) is 6.45. The van der Waals surface area contributed by atoms with E-state index in [2.05, 4.69) is 23.7 Å². The van der Waals surface area contributed by atoms with E-state index in [-0.39, 0.29) is 12.6 Å². The van der Waals surface area contributed by atoms with Crippen LogP contribution in [0.15, 0.2) is 48.7 Å². The molecular weight excluding hydrogens is 252 g/mol. The van der Waals surface area contributed by atoms with Gasteiger partial charge in [-0.2, -0.15) is 0 Å². The number of aryl methyl sites for hydroxylation is 1. The highest BCUT2D eigenvalue weighted by Gasteiger charge is 2.08. The summed E-state index contributed by atoms with van der Waals surface area (Å²) >= 11 is 0. The molecule has 0 saturated carbocycles. The van der Waals surface area contributed by atoms with Crippen molar-refractivity contribution >= 4 is 5.97 Å². The van der Waals surface area contributed by atoms with E-state index in [1.165, 1.54) is 5.56 Å². The summed E-state index contributed by atoms with van der Waals surface area (Å²) in [5.74, 6) is 0.510. The Labute approximate surface area is 118 Å². The number of aromatic nitrogens is 2. The van der Waals surface area contributed by atoms with Crippen LogP contribution in [0.25, 0.3) is 0 Å². The Balaban J connectivity index is 2.02. The normalized spacial score (nSPS) is 10.3. The van der Waals surface area contributed by atoms with Crippen molar-refractivity contribution in [1.29, 1.82) is 0 Å². The van der Waals surface area contributed by atoms with E-state index in [1.807, 2.05) is 35.9 Å². The molecule has 0 unspecified atom stereocenters. The van der Waals surface area contributed by atoms with Gasteiger partial charge in [0, 0.05) is 18.3 Å². The van der Waals surface area contributed by atoms with Gasteiger partial charge in [0.25, 0.3) is 0 Å². The predicted octanol–water partition coefficient (Wildman–Crippen LogP) is 2.86. The summed E-state index contributed by atoms with van der Waals surface area (Å²) in [6.45, 7) is 8.04. The molecule has 1 aromatic heterocycles. The van der Waals surface area contributed by atoms with Gasteiger partial charge in [-0.3, -0.25) is 0 Å². The molecule has 1 aromatic carbocycles. The highest BCUT2D eigenvalue weighted by molar-refractivity contribution is 5.86. The van der Waals surface area contributed by atoms with Gasteiger partial charge in [0.1, 0.15) is 12.4 Å². The minimum atomic E-state index is -0.389. The molecule has 104 valence electrons. The zero-order valence-corrected chi connectivity index (χ0v) is 11.8. The zero-order chi connectivity index (χ0) is 14.5. The van der Waals surface area contributed by atoms with E-state index in [0.717, 1.165) is 18.1 Å². The summed E-state index contributed by atoms with van der Waals surface area (Å²) in [7, 11) is 0. The van der Waals surface area contributed by atoms with Gasteiger partial charge in [0.2, 0.25) is 0 Å². The fraction of sp³-hybridized carbons (Fsp3) is 0.250. The number of hydrogen-bond donors (Lipinski definition) is 0. The van der Waals surface area contributed by atoms with Crippen LogP contribution in [-0.4, -0.2) is 15.5 Å². The molecule has 2 aromatic rings. The van der Waals surface area contributed by atoms with Crippen LogP contribution in [0.1, 0.15) is 24.0 Å². The average Bonchev–Trinajstić information content (AvgIpc) is 2.77. The molecule has 0 aliphatic rings. The van der Waals surface area contributed by atoms with Crippen molar-refractivity contribution in [2.45, 2.75) is 27.0 Å². The van der Waals surface area contributed by atoms with Crippen molar-refractivity contribution in [3.8, 4) is 0 Å². The molecule has 0 amide bonds. The number of benzene rings is 1. The molecule has 1 heterocycles. The molecule has 4 heteroatoms. The molecule has 20 heavy (non-hydrogen) atoms. The van der Waals surface area contributed by atoms with Crippen LogP contribution in [0.2, 0.25) is 0 Å². The maximum Gasteiger partial charge on any atom is 0.333 e. The van der Waals surface area contributed by atoms with Gasteiger partial charge in [0.15, 0.2) is 0 Å². The number of carbonyl (C=O) groups is 1. The van der Waals surface area contributed by atoms with E-state index in [9.17, 15) is 4.79 Å². The lowest BCUT2D eigenvalue weighted by atomic mass is 10.2. The first-order chi connectivity index (χ1) is 9.56. The van der Waals surface area contributed by atoms with Gasteiger partial charge in [-0.25, -0.2) is 9.78 Å². The second-order valence-electron chi connectivity index (χ2n) is 4.75. The van der Waals surface area contributed by atoms with E-state index < -0.39 is 0 Å². The number of carbonyl (C=O) groups excluding carboxylic acids is 1. The molecule has 4 nitrogen and oxygen atoms in total. The highest BCUT2D eigenvalue weighted by Crippen LogP contribution is 2.09. The summed E-state index contributed by atoms with van der Waals surface area (Å²) in [5.41, 5.74) is 2.34. The van der Waals surface area contributed by atoms with Crippen LogP contribution in [0.4, 0.5) is 0 Å². The first-order valence-electron chi connectivity index (χ1n) is 6.45. The second-order valence-corrected chi connectivity index (χ2v) is 4.75. The van der Waals surface area contributed by atoms with Crippen LogP contribution in [-0.2, 0) is 22.7 Å². The fourth-order valence-electron chi connectivity index (χ4n) is 1.85. The third-order valence-corrected chi connectivity index (χ3v) is 2.92. The van der Waals surface area contributed by atoms with Crippen molar-refractivity contribution < 1.29 is 9.53 Å². The van der Waals surface area contributed by atoms with E-state index >= 15 is 0 Å². The Morgan fingerprint density at radius 2 is 2.05 bits per heavy atom. The third-order valence-electron chi connectivity index (χ3n) is 2.92. The van der Waals surface area contributed by atoms with Gasteiger partial charge < -0.3 is 9.30 Å². The number of hydrogen-bond acceptors (Lipinski definition) is 3. The Hall–Kier alpha value is -2.36. The summed E-state index contributed by atoms with van der Waals surface area (Å²) in [5, 5.41) is 0. The summed E-state index contributed by atoms with van der Waals surface area (Å²) in [6.07, 6.45) is 1.91. The van der Waals surface area contributed by atoms with Crippen LogP contribution >= 0.6 is 0 Å². The van der Waals surface area contributed by atoms with Gasteiger partial charge in [-0.15, -0.1) is 0 Å². The number of rotatable bonds is 5. The lowest BCUT2D eigenvalue weighted by Gasteiger charge is -2.04. The minimum absolute atomic E-state index is 0.175. The van der Waals surface area contributed by atoms with Crippen LogP contribution in [0.3, 0.4) is 0 Å². The number of imidazole rings is 1. The average molecular weight is 270 g/mol. The molecule has 0 atom stereocenters. The summed E-state index contributed by atoms with van der Waals surface area (Å²) in [4.78, 5) is 15.7. The Kier molecular flexibility index (Phi) is 4.35.